The summed E-state index contributed by atoms with van der Waals surface area (Å²) in [6.07, 6.45) is 2.02. The maximum Gasteiger partial charge on any atom is 0.123 e. The molecule has 0 bridgehead atoms. The molecule has 0 aliphatic carbocycles. The number of hydrogen-bond acceptors (Lipinski definition) is 2. The summed E-state index contributed by atoms with van der Waals surface area (Å²) in [7, 11) is 0. The second kappa shape index (κ2) is 3.92. The van der Waals surface area contributed by atoms with Crippen LogP contribution in [0.2, 0.25) is 0 Å². The van der Waals surface area contributed by atoms with E-state index in [2.05, 4.69) is 28.7 Å². The maximum absolute atomic E-state index is 13.2. The molecule has 18 heavy (non-hydrogen) atoms. The second-order valence-corrected chi connectivity index (χ2v) is 5.34. The van der Waals surface area contributed by atoms with Crippen molar-refractivity contribution in [2.75, 3.05) is 6.54 Å². The molecule has 3 rings (SSSR count). The zero-order chi connectivity index (χ0) is 12.8. The van der Waals surface area contributed by atoms with Gasteiger partial charge in [0, 0.05) is 18.3 Å². The molecule has 2 aromatic rings. The van der Waals surface area contributed by atoms with Crippen LogP contribution in [-0.2, 0) is 12.1 Å². The molecule has 1 aliphatic rings. The lowest BCUT2D eigenvalue weighted by molar-refractivity contribution is 0.286. The minimum Gasteiger partial charge on any atom is -0.326 e. The van der Waals surface area contributed by atoms with E-state index in [1.54, 1.807) is 6.07 Å². The molecule has 1 aliphatic heterocycles. The van der Waals surface area contributed by atoms with Gasteiger partial charge in [0.1, 0.15) is 11.6 Å². The average molecular weight is 245 g/mol. The Morgan fingerprint density at radius 1 is 1.39 bits per heavy atom. The molecule has 0 saturated carbocycles. The Bertz CT molecular complexity index is 586. The largest absolute Gasteiger partial charge is 0.326 e. The van der Waals surface area contributed by atoms with Crippen molar-refractivity contribution >= 4 is 0 Å². The quantitative estimate of drug-likeness (QED) is 0.836. The fourth-order valence-electron chi connectivity index (χ4n) is 2.42. The molecular formula is C14H16FN3. The third-order valence-electron chi connectivity index (χ3n) is 3.39. The number of imidazole rings is 1. The highest BCUT2D eigenvalue weighted by molar-refractivity contribution is 5.58. The summed E-state index contributed by atoms with van der Waals surface area (Å²) in [5.74, 6) is 0.779. The van der Waals surface area contributed by atoms with Crippen molar-refractivity contribution < 1.29 is 4.39 Å². The van der Waals surface area contributed by atoms with Crippen LogP contribution >= 0.6 is 0 Å². The molecule has 0 atom stereocenters. The Kier molecular flexibility index (Phi) is 2.48. The highest BCUT2D eigenvalue weighted by Gasteiger charge is 2.27. The first-order valence-electron chi connectivity index (χ1n) is 6.12. The molecule has 2 heterocycles. The van der Waals surface area contributed by atoms with Gasteiger partial charge in [-0.25, -0.2) is 9.37 Å². The summed E-state index contributed by atoms with van der Waals surface area (Å²) in [6.45, 7) is 6.01. The zero-order valence-electron chi connectivity index (χ0n) is 10.6. The van der Waals surface area contributed by atoms with Gasteiger partial charge >= 0.3 is 0 Å². The van der Waals surface area contributed by atoms with E-state index < -0.39 is 0 Å². The number of nitrogens with one attached hydrogen (secondary N) is 1. The highest BCUT2D eigenvalue weighted by atomic mass is 19.1. The smallest absolute Gasteiger partial charge is 0.123 e. The summed E-state index contributed by atoms with van der Waals surface area (Å²) in [5.41, 5.74) is 1.67. The van der Waals surface area contributed by atoms with Crippen LogP contribution in [0.5, 0.6) is 0 Å². The van der Waals surface area contributed by atoms with Gasteiger partial charge in [0.25, 0.3) is 0 Å². The van der Waals surface area contributed by atoms with Crippen LogP contribution in [0.3, 0.4) is 0 Å². The van der Waals surface area contributed by atoms with Gasteiger partial charge in [0.15, 0.2) is 0 Å². The predicted molar refractivity (Wildman–Crippen MR) is 68.6 cm³/mol. The van der Waals surface area contributed by atoms with Gasteiger partial charge in [-0.2, -0.15) is 0 Å². The number of halogens is 1. The first-order chi connectivity index (χ1) is 8.56. The summed E-state index contributed by atoms with van der Waals surface area (Å²) in [4.78, 5) is 4.59. The molecule has 0 spiro atoms. The van der Waals surface area contributed by atoms with Crippen molar-refractivity contribution in [3.05, 3.63) is 42.1 Å². The first kappa shape index (κ1) is 11.4. The van der Waals surface area contributed by atoms with Gasteiger partial charge < -0.3 is 9.88 Å². The van der Waals surface area contributed by atoms with Crippen LogP contribution in [0.15, 0.2) is 30.5 Å². The molecule has 0 unspecified atom stereocenters. The summed E-state index contributed by atoms with van der Waals surface area (Å²) in [6, 6.07) is 6.57. The van der Waals surface area contributed by atoms with Crippen molar-refractivity contribution in [1.82, 2.24) is 14.9 Å². The Labute approximate surface area is 106 Å². The van der Waals surface area contributed by atoms with E-state index in [4.69, 9.17) is 0 Å². The third kappa shape index (κ3) is 1.82. The maximum atomic E-state index is 13.2. The second-order valence-electron chi connectivity index (χ2n) is 5.34. The molecule has 94 valence electrons. The highest BCUT2D eigenvalue weighted by Crippen LogP contribution is 2.26. The minimum atomic E-state index is -0.226. The number of fused-ring (bicyclic) bond motifs is 1. The summed E-state index contributed by atoms with van der Waals surface area (Å²) < 4.78 is 15.4. The normalized spacial score (nSPS) is 17.5. The van der Waals surface area contributed by atoms with Crippen LogP contribution in [0.4, 0.5) is 4.39 Å². The molecule has 0 radical (unpaired) electrons. The number of rotatable bonds is 1. The fraction of sp³-hybridized carbons (Fsp3) is 0.357. The molecule has 1 aromatic carbocycles. The van der Waals surface area contributed by atoms with Crippen LogP contribution in [0.1, 0.15) is 19.7 Å². The molecule has 0 saturated heterocycles. The van der Waals surface area contributed by atoms with Gasteiger partial charge in [-0.05, 0) is 26.0 Å². The number of hydrogen-bond donors (Lipinski definition) is 1. The van der Waals surface area contributed by atoms with E-state index in [1.807, 2.05) is 12.3 Å². The SMILES string of the molecule is CC1(C)CNCc2nc(-c3cccc(F)c3)cn21. The lowest BCUT2D eigenvalue weighted by Crippen LogP contribution is -2.43. The molecular weight excluding hydrogens is 229 g/mol. The molecule has 1 N–H and O–H groups in total. The van der Waals surface area contributed by atoms with E-state index in [0.717, 1.165) is 30.2 Å². The third-order valence-corrected chi connectivity index (χ3v) is 3.39. The number of benzene rings is 1. The lowest BCUT2D eigenvalue weighted by Gasteiger charge is -2.32. The Morgan fingerprint density at radius 3 is 2.94 bits per heavy atom. The topological polar surface area (TPSA) is 29.9 Å². The fourth-order valence-corrected chi connectivity index (χ4v) is 2.42. The van der Waals surface area contributed by atoms with Crippen molar-refractivity contribution in [3.63, 3.8) is 0 Å². The van der Waals surface area contributed by atoms with E-state index in [1.165, 1.54) is 12.1 Å². The Balaban J connectivity index is 2.08. The minimum absolute atomic E-state index is 0.00611. The van der Waals surface area contributed by atoms with Crippen molar-refractivity contribution in [2.24, 2.45) is 0 Å². The molecule has 1 aromatic heterocycles. The summed E-state index contributed by atoms with van der Waals surface area (Å²) >= 11 is 0. The van der Waals surface area contributed by atoms with E-state index in [0.29, 0.717) is 0 Å². The monoisotopic (exact) mass is 245 g/mol. The molecule has 0 amide bonds. The van der Waals surface area contributed by atoms with Gasteiger partial charge in [-0.1, -0.05) is 12.1 Å². The molecule has 3 nitrogen and oxygen atoms in total. The van der Waals surface area contributed by atoms with Crippen LogP contribution < -0.4 is 5.32 Å². The summed E-state index contributed by atoms with van der Waals surface area (Å²) in [5, 5.41) is 3.35. The zero-order valence-corrected chi connectivity index (χ0v) is 10.6. The van der Waals surface area contributed by atoms with Crippen LogP contribution in [-0.4, -0.2) is 16.1 Å². The first-order valence-corrected chi connectivity index (χ1v) is 6.12. The molecule has 0 fully saturated rings. The van der Waals surface area contributed by atoms with Gasteiger partial charge in [-0.3, -0.25) is 0 Å². The van der Waals surface area contributed by atoms with Gasteiger partial charge in [0.2, 0.25) is 0 Å². The van der Waals surface area contributed by atoms with E-state index in [-0.39, 0.29) is 11.4 Å². The predicted octanol–water partition coefficient (Wildman–Crippen LogP) is 2.53. The average Bonchev–Trinajstić information content (AvgIpc) is 2.74. The number of aromatic nitrogens is 2. The van der Waals surface area contributed by atoms with Crippen molar-refractivity contribution in [3.8, 4) is 11.3 Å². The van der Waals surface area contributed by atoms with Gasteiger partial charge in [0.05, 0.1) is 17.8 Å². The molecule has 4 heteroatoms. The van der Waals surface area contributed by atoms with Crippen molar-refractivity contribution in [2.45, 2.75) is 25.9 Å². The Morgan fingerprint density at radius 2 is 2.22 bits per heavy atom. The van der Waals surface area contributed by atoms with Gasteiger partial charge in [-0.15, -0.1) is 0 Å². The van der Waals surface area contributed by atoms with Crippen molar-refractivity contribution in [1.29, 1.82) is 0 Å². The van der Waals surface area contributed by atoms with Crippen LogP contribution in [0, 0.1) is 5.82 Å². The van der Waals surface area contributed by atoms with E-state index >= 15 is 0 Å². The standard InChI is InChI=1S/C14H16FN3/c1-14(2)9-16-7-13-17-12(8-18(13)14)10-4-3-5-11(15)6-10/h3-6,8,16H,7,9H2,1-2H3. The number of nitrogens with zero attached hydrogens (tertiary/aromatic N) is 2. The van der Waals surface area contributed by atoms with E-state index in [9.17, 15) is 4.39 Å². The van der Waals surface area contributed by atoms with Crippen LogP contribution in [0.25, 0.3) is 11.3 Å². The lowest BCUT2D eigenvalue weighted by atomic mass is 10.0. The Hall–Kier alpha value is -1.68.